The summed E-state index contributed by atoms with van der Waals surface area (Å²) in [5.41, 5.74) is 3.87. The number of sulfonamides is 1. The molecule has 0 atom stereocenters. The molecule has 0 saturated carbocycles. The van der Waals surface area contributed by atoms with Crippen molar-refractivity contribution in [2.45, 2.75) is 18.7 Å². The first-order chi connectivity index (χ1) is 14.7. The Kier molecular flexibility index (Phi) is 7.04. The molecule has 3 aromatic carbocycles. The zero-order valence-electron chi connectivity index (χ0n) is 17.2. The molecule has 3 rings (SSSR count). The second-order valence-electron chi connectivity index (χ2n) is 6.78. The Morgan fingerprint density at radius 3 is 2.42 bits per heavy atom. The van der Waals surface area contributed by atoms with Gasteiger partial charge in [0.05, 0.1) is 17.8 Å². The van der Waals surface area contributed by atoms with Crippen LogP contribution in [-0.2, 0) is 10.0 Å². The van der Waals surface area contributed by atoms with Gasteiger partial charge >= 0.3 is 0 Å². The van der Waals surface area contributed by atoms with Crippen molar-refractivity contribution in [1.29, 1.82) is 0 Å². The zero-order chi connectivity index (χ0) is 22.6. The highest BCUT2D eigenvalue weighted by Crippen LogP contribution is 2.30. The van der Waals surface area contributed by atoms with Crippen molar-refractivity contribution in [2.24, 2.45) is 0 Å². The van der Waals surface area contributed by atoms with Gasteiger partial charge in [0.2, 0.25) is 0 Å². The Bertz CT molecular complexity index is 1230. The number of hydrogen-bond acceptors (Lipinski definition) is 4. The molecule has 9 heteroatoms. The summed E-state index contributed by atoms with van der Waals surface area (Å²) in [7, 11) is -2.50. The summed E-state index contributed by atoms with van der Waals surface area (Å²) < 4.78 is 33.7. The van der Waals surface area contributed by atoms with Crippen molar-refractivity contribution in [3.63, 3.8) is 0 Å². The molecule has 6 nitrogen and oxygen atoms in total. The lowest BCUT2D eigenvalue weighted by atomic mass is 10.1. The quantitative estimate of drug-likeness (QED) is 0.404. The lowest BCUT2D eigenvalue weighted by Crippen LogP contribution is -2.20. The molecule has 0 bridgehead atoms. The van der Waals surface area contributed by atoms with E-state index in [2.05, 4.69) is 15.4 Å². The van der Waals surface area contributed by atoms with Crippen LogP contribution in [0.15, 0.2) is 65.6 Å². The van der Waals surface area contributed by atoms with Crippen LogP contribution in [-0.4, -0.2) is 20.6 Å². The fraction of sp³-hybridized carbons (Fsp3) is 0.136. The molecule has 0 radical (unpaired) electrons. The minimum atomic E-state index is -3.97. The van der Waals surface area contributed by atoms with E-state index < -0.39 is 10.0 Å². The summed E-state index contributed by atoms with van der Waals surface area (Å²) in [6.07, 6.45) is 0. The van der Waals surface area contributed by atoms with Gasteiger partial charge < -0.3 is 15.4 Å². The van der Waals surface area contributed by atoms with Crippen LogP contribution in [0.4, 0.5) is 17.1 Å². The molecule has 0 aliphatic carbocycles. The zero-order valence-corrected chi connectivity index (χ0v) is 19.6. The molecule has 0 fully saturated rings. The molecule has 3 aromatic rings. The summed E-state index contributed by atoms with van der Waals surface area (Å²) in [5, 5.41) is 6.56. The molecule has 162 valence electrons. The van der Waals surface area contributed by atoms with Gasteiger partial charge in [0, 0.05) is 11.4 Å². The predicted octanol–water partition coefficient (Wildman–Crippen LogP) is 5.58. The van der Waals surface area contributed by atoms with Gasteiger partial charge in [0.1, 0.15) is 10.6 Å². The van der Waals surface area contributed by atoms with E-state index in [9.17, 15) is 8.42 Å². The van der Waals surface area contributed by atoms with E-state index in [0.29, 0.717) is 22.2 Å². The van der Waals surface area contributed by atoms with Gasteiger partial charge in [-0.05, 0) is 73.6 Å². The van der Waals surface area contributed by atoms with Crippen LogP contribution in [0.2, 0.25) is 5.02 Å². The maximum Gasteiger partial charge on any atom is 0.263 e. The smallest absolute Gasteiger partial charge is 0.263 e. The SMILES string of the molecule is COc1ccccc1NS(=O)(=O)c1cc(NC(=S)Nc2cccc(C)c2C)ccc1Cl. The lowest BCUT2D eigenvalue weighted by Gasteiger charge is -2.16. The van der Waals surface area contributed by atoms with Gasteiger partial charge in [-0.1, -0.05) is 35.9 Å². The van der Waals surface area contributed by atoms with Crippen LogP contribution < -0.4 is 20.1 Å². The Hall–Kier alpha value is -2.81. The van der Waals surface area contributed by atoms with E-state index in [4.69, 9.17) is 28.6 Å². The molecule has 0 spiro atoms. The van der Waals surface area contributed by atoms with Crippen molar-refractivity contribution in [3.05, 3.63) is 76.8 Å². The Labute approximate surface area is 192 Å². The van der Waals surface area contributed by atoms with Crippen molar-refractivity contribution >= 4 is 56.0 Å². The lowest BCUT2D eigenvalue weighted by molar-refractivity contribution is 0.417. The third kappa shape index (κ3) is 5.46. The van der Waals surface area contributed by atoms with Crippen molar-refractivity contribution in [3.8, 4) is 5.75 Å². The third-order valence-electron chi connectivity index (χ3n) is 4.68. The summed E-state index contributed by atoms with van der Waals surface area (Å²) in [4.78, 5) is -0.0837. The van der Waals surface area contributed by atoms with Crippen LogP contribution in [0.1, 0.15) is 11.1 Å². The van der Waals surface area contributed by atoms with Gasteiger partial charge in [-0.25, -0.2) is 8.42 Å². The van der Waals surface area contributed by atoms with E-state index in [-0.39, 0.29) is 9.92 Å². The average Bonchev–Trinajstić information content (AvgIpc) is 2.73. The second kappa shape index (κ2) is 9.55. The van der Waals surface area contributed by atoms with Crippen LogP contribution >= 0.6 is 23.8 Å². The van der Waals surface area contributed by atoms with Crippen LogP contribution in [0.25, 0.3) is 0 Å². The fourth-order valence-electron chi connectivity index (χ4n) is 2.89. The number of anilines is 3. The van der Waals surface area contributed by atoms with Crippen molar-refractivity contribution in [1.82, 2.24) is 0 Å². The van der Waals surface area contributed by atoms with Gasteiger partial charge in [-0.2, -0.15) is 0 Å². The topological polar surface area (TPSA) is 79.5 Å². The summed E-state index contributed by atoms with van der Waals surface area (Å²) in [6, 6.07) is 17.2. The van der Waals surface area contributed by atoms with E-state index in [1.54, 1.807) is 30.3 Å². The maximum absolute atomic E-state index is 13.0. The minimum Gasteiger partial charge on any atom is -0.495 e. The van der Waals surface area contributed by atoms with Crippen LogP contribution in [0.5, 0.6) is 5.75 Å². The molecule has 0 heterocycles. The summed E-state index contributed by atoms with van der Waals surface area (Å²) in [6.45, 7) is 4.01. The standard InChI is InChI=1S/C22H22ClN3O3S2/c1-14-7-6-9-18(15(14)2)25-22(30)24-16-11-12-17(23)21(13-16)31(27,28)26-19-8-4-5-10-20(19)29-3/h4-13,26H,1-3H3,(H2,24,25,30). The molecule has 0 aromatic heterocycles. The van der Waals surface area contributed by atoms with Crippen LogP contribution in [0, 0.1) is 13.8 Å². The molecular weight excluding hydrogens is 454 g/mol. The first kappa shape index (κ1) is 22.9. The first-order valence-electron chi connectivity index (χ1n) is 9.31. The number of para-hydroxylation sites is 2. The molecule has 0 aliphatic rings. The second-order valence-corrected chi connectivity index (χ2v) is 9.24. The number of aryl methyl sites for hydroxylation is 1. The van der Waals surface area contributed by atoms with E-state index in [1.165, 1.54) is 19.2 Å². The molecular formula is C22H22ClN3O3S2. The number of rotatable bonds is 6. The number of nitrogens with one attached hydrogen (secondary N) is 3. The van der Waals surface area contributed by atoms with E-state index in [1.807, 2.05) is 32.0 Å². The monoisotopic (exact) mass is 475 g/mol. The largest absolute Gasteiger partial charge is 0.495 e. The number of thiocarbonyl (C=S) groups is 1. The summed E-state index contributed by atoms with van der Waals surface area (Å²) in [5.74, 6) is 0.398. The highest BCUT2D eigenvalue weighted by Gasteiger charge is 2.20. The number of ether oxygens (including phenoxy) is 1. The van der Waals surface area contributed by atoms with E-state index >= 15 is 0 Å². The predicted molar refractivity (Wildman–Crippen MR) is 131 cm³/mol. The van der Waals surface area contributed by atoms with Crippen molar-refractivity contribution < 1.29 is 13.2 Å². The maximum atomic E-state index is 13.0. The molecule has 0 saturated heterocycles. The Balaban J connectivity index is 1.82. The van der Waals surface area contributed by atoms with Gasteiger partial charge in [-0.3, -0.25) is 4.72 Å². The van der Waals surface area contributed by atoms with Gasteiger partial charge in [0.15, 0.2) is 5.11 Å². The fourth-order valence-corrected chi connectivity index (χ4v) is 4.71. The van der Waals surface area contributed by atoms with Gasteiger partial charge in [0.25, 0.3) is 10.0 Å². The highest BCUT2D eigenvalue weighted by molar-refractivity contribution is 7.92. The number of benzene rings is 3. The van der Waals surface area contributed by atoms with Crippen molar-refractivity contribution in [2.75, 3.05) is 22.5 Å². The molecule has 0 unspecified atom stereocenters. The Morgan fingerprint density at radius 2 is 1.68 bits per heavy atom. The van der Waals surface area contributed by atoms with Gasteiger partial charge in [-0.15, -0.1) is 0 Å². The Morgan fingerprint density at radius 1 is 0.968 bits per heavy atom. The average molecular weight is 476 g/mol. The number of hydrogen-bond donors (Lipinski definition) is 3. The minimum absolute atomic E-state index is 0.0837. The molecule has 0 aliphatic heterocycles. The normalized spacial score (nSPS) is 11.0. The number of methoxy groups -OCH3 is 1. The highest BCUT2D eigenvalue weighted by atomic mass is 35.5. The molecule has 31 heavy (non-hydrogen) atoms. The molecule has 0 amide bonds. The molecule has 3 N–H and O–H groups in total. The van der Waals surface area contributed by atoms with Crippen LogP contribution in [0.3, 0.4) is 0 Å². The first-order valence-corrected chi connectivity index (χ1v) is 11.6. The van der Waals surface area contributed by atoms with E-state index in [0.717, 1.165) is 16.8 Å². The summed E-state index contributed by atoms with van der Waals surface area (Å²) >= 11 is 11.6. The third-order valence-corrected chi connectivity index (χ3v) is 6.73. The number of halogens is 1.